The SMILES string of the molecule is CCCCCC(=O)Oc1ccc(OC(=O)CCCCC(C)C)cc1. The first-order valence-corrected chi connectivity index (χ1v) is 9.02. The minimum atomic E-state index is -0.224. The van der Waals surface area contributed by atoms with Gasteiger partial charge in [-0.1, -0.05) is 46.5 Å². The molecule has 0 aliphatic heterocycles. The fourth-order valence-electron chi connectivity index (χ4n) is 2.28. The molecule has 134 valence electrons. The lowest BCUT2D eigenvalue weighted by atomic mass is 10.1. The molecule has 1 aromatic rings. The van der Waals surface area contributed by atoms with Crippen molar-refractivity contribution in [1.29, 1.82) is 0 Å². The van der Waals surface area contributed by atoms with Gasteiger partial charge in [0.25, 0.3) is 0 Å². The zero-order chi connectivity index (χ0) is 17.8. The standard InChI is InChI=1S/C20H30O4/c1-4-5-6-10-19(21)23-17-12-14-18(15-13-17)24-20(22)11-8-7-9-16(2)3/h12-16H,4-11H2,1-3H3. The summed E-state index contributed by atoms with van der Waals surface area (Å²) in [5, 5.41) is 0. The van der Waals surface area contributed by atoms with E-state index in [2.05, 4.69) is 20.8 Å². The maximum Gasteiger partial charge on any atom is 0.311 e. The van der Waals surface area contributed by atoms with Crippen molar-refractivity contribution in [1.82, 2.24) is 0 Å². The number of esters is 2. The molecule has 1 rings (SSSR count). The van der Waals surface area contributed by atoms with E-state index >= 15 is 0 Å². The van der Waals surface area contributed by atoms with E-state index in [1.165, 1.54) is 0 Å². The predicted octanol–water partition coefficient (Wildman–Crippen LogP) is 5.29. The first kappa shape index (κ1) is 20.2. The normalized spacial score (nSPS) is 10.7. The first-order chi connectivity index (χ1) is 11.5. The monoisotopic (exact) mass is 334 g/mol. The fourth-order valence-corrected chi connectivity index (χ4v) is 2.28. The van der Waals surface area contributed by atoms with Crippen molar-refractivity contribution in [2.45, 2.75) is 72.1 Å². The van der Waals surface area contributed by atoms with Gasteiger partial charge < -0.3 is 9.47 Å². The molecule has 0 N–H and O–H groups in total. The van der Waals surface area contributed by atoms with Crippen LogP contribution in [0.2, 0.25) is 0 Å². The topological polar surface area (TPSA) is 52.6 Å². The Morgan fingerprint density at radius 3 is 1.71 bits per heavy atom. The lowest BCUT2D eigenvalue weighted by molar-refractivity contribution is -0.135. The molecule has 0 amide bonds. The highest BCUT2D eigenvalue weighted by Crippen LogP contribution is 2.19. The number of benzene rings is 1. The molecule has 0 aliphatic carbocycles. The summed E-state index contributed by atoms with van der Waals surface area (Å²) in [4.78, 5) is 23.4. The van der Waals surface area contributed by atoms with Gasteiger partial charge in [-0.05, 0) is 43.0 Å². The van der Waals surface area contributed by atoms with E-state index in [0.29, 0.717) is 30.3 Å². The van der Waals surface area contributed by atoms with Crippen LogP contribution >= 0.6 is 0 Å². The molecule has 1 aromatic carbocycles. The first-order valence-electron chi connectivity index (χ1n) is 9.02. The van der Waals surface area contributed by atoms with E-state index in [4.69, 9.17) is 9.47 Å². The Kier molecular flexibility index (Phi) is 9.81. The molecule has 0 spiro atoms. The third kappa shape index (κ3) is 9.33. The van der Waals surface area contributed by atoms with Crippen LogP contribution < -0.4 is 9.47 Å². The Balaban J connectivity index is 2.31. The van der Waals surface area contributed by atoms with Gasteiger partial charge in [0.15, 0.2) is 0 Å². The number of rotatable bonds is 11. The van der Waals surface area contributed by atoms with Crippen LogP contribution in [0.4, 0.5) is 0 Å². The minimum absolute atomic E-state index is 0.219. The van der Waals surface area contributed by atoms with E-state index in [0.717, 1.165) is 38.5 Å². The van der Waals surface area contributed by atoms with Crippen molar-refractivity contribution in [3.05, 3.63) is 24.3 Å². The molecule has 4 nitrogen and oxygen atoms in total. The number of hydrogen-bond acceptors (Lipinski definition) is 4. The lowest BCUT2D eigenvalue weighted by Crippen LogP contribution is -2.09. The Labute approximate surface area is 145 Å². The molecule has 0 saturated heterocycles. The van der Waals surface area contributed by atoms with Gasteiger partial charge in [0, 0.05) is 12.8 Å². The van der Waals surface area contributed by atoms with Crippen LogP contribution in [0.5, 0.6) is 11.5 Å². The second-order valence-corrected chi connectivity index (χ2v) is 6.52. The van der Waals surface area contributed by atoms with Crippen LogP contribution in [0, 0.1) is 5.92 Å². The summed E-state index contributed by atoms with van der Waals surface area (Å²) in [7, 11) is 0. The summed E-state index contributed by atoms with van der Waals surface area (Å²) in [6.07, 6.45) is 6.84. The average molecular weight is 334 g/mol. The van der Waals surface area contributed by atoms with Gasteiger partial charge >= 0.3 is 11.9 Å². The molecule has 0 fully saturated rings. The van der Waals surface area contributed by atoms with Crippen molar-refractivity contribution < 1.29 is 19.1 Å². The molecule has 0 unspecified atom stereocenters. The molecule has 0 saturated carbocycles. The summed E-state index contributed by atoms with van der Waals surface area (Å²) in [5.74, 6) is 1.18. The van der Waals surface area contributed by atoms with Crippen molar-refractivity contribution in [2.75, 3.05) is 0 Å². The number of carbonyl (C=O) groups is 2. The van der Waals surface area contributed by atoms with Crippen LogP contribution in [0.25, 0.3) is 0 Å². The number of carbonyl (C=O) groups excluding carboxylic acids is 2. The molecule has 0 atom stereocenters. The maximum atomic E-state index is 11.8. The molecule has 4 heteroatoms. The third-order valence-electron chi connectivity index (χ3n) is 3.68. The van der Waals surface area contributed by atoms with Crippen LogP contribution in [0.1, 0.15) is 72.1 Å². The van der Waals surface area contributed by atoms with Crippen LogP contribution in [0.15, 0.2) is 24.3 Å². The van der Waals surface area contributed by atoms with Crippen LogP contribution in [0.3, 0.4) is 0 Å². The van der Waals surface area contributed by atoms with Crippen LogP contribution in [-0.4, -0.2) is 11.9 Å². The van der Waals surface area contributed by atoms with E-state index in [-0.39, 0.29) is 11.9 Å². The van der Waals surface area contributed by atoms with Crippen molar-refractivity contribution in [3.63, 3.8) is 0 Å². The van der Waals surface area contributed by atoms with Crippen molar-refractivity contribution >= 4 is 11.9 Å². The van der Waals surface area contributed by atoms with Crippen molar-refractivity contribution in [3.8, 4) is 11.5 Å². The zero-order valence-electron chi connectivity index (χ0n) is 15.2. The van der Waals surface area contributed by atoms with Gasteiger partial charge in [0.05, 0.1) is 0 Å². The van der Waals surface area contributed by atoms with E-state index in [1.54, 1.807) is 24.3 Å². The van der Waals surface area contributed by atoms with Gasteiger partial charge in [-0.15, -0.1) is 0 Å². The third-order valence-corrected chi connectivity index (χ3v) is 3.68. The molecule has 0 aromatic heterocycles. The van der Waals surface area contributed by atoms with Crippen LogP contribution in [-0.2, 0) is 9.59 Å². The summed E-state index contributed by atoms with van der Waals surface area (Å²) in [6.45, 7) is 6.45. The summed E-state index contributed by atoms with van der Waals surface area (Å²) in [5.41, 5.74) is 0. The largest absolute Gasteiger partial charge is 0.427 e. The Morgan fingerprint density at radius 2 is 1.29 bits per heavy atom. The highest BCUT2D eigenvalue weighted by Gasteiger charge is 2.07. The van der Waals surface area contributed by atoms with Gasteiger partial charge in [0.2, 0.25) is 0 Å². The molecule has 0 bridgehead atoms. The fraction of sp³-hybridized carbons (Fsp3) is 0.600. The van der Waals surface area contributed by atoms with E-state index in [1.807, 2.05) is 0 Å². The summed E-state index contributed by atoms with van der Waals surface area (Å²) in [6, 6.07) is 6.61. The lowest BCUT2D eigenvalue weighted by Gasteiger charge is -2.07. The molecular formula is C20H30O4. The Morgan fingerprint density at radius 1 is 0.833 bits per heavy atom. The summed E-state index contributed by atoms with van der Waals surface area (Å²) < 4.78 is 10.5. The molecule has 0 aliphatic rings. The molecular weight excluding hydrogens is 304 g/mol. The molecule has 0 radical (unpaired) electrons. The average Bonchev–Trinajstić information content (AvgIpc) is 2.53. The Hall–Kier alpha value is -1.84. The molecule has 0 heterocycles. The zero-order valence-corrected chi connectivity index (χ0v) is 15.2. The van der Waals surface area contributed by atoms with Gasteiger partial charge in [-0.3, -0.25) is 9.59 Å². The highest BCUT2D eigenvalue weighted by atomic mass is 16.5. The quantitative estimate of drug-likeness (QED) is 0.313. The second kappa shape index (κ2) is 11.7. The highest BCUT2D eigenvalue weighted by molar-refractivity contribution is 5.73. The smallest absolute Gasteiger partial charge is 0.311 e. The Bertz CT molecular complexity index is 491. The molecule has 24 heavy (non-hydrogen) atoms. The maximum absolute atomic E-state index is 11.8. The van der Waals surface area contributed by atoms with Gasteiger partial charge in [0.1, 0.15) is 11.5 Å². The number of ether oxygens (including phenoxy) is 2. The predicted molar refractivity (Wildman–Crippen MR) is 95.2 cm³/mol. The van der Waals surface area contributed by atoms with Crippen molar-refractivity contribution in [2.24, 2.45) is 5.92 Å². The number of unbranched alkanes of at least 4 members (excludes halogenated alkanes) is 3. The summed E-state index contributed by atoms with van der Waals surface area (Å²) >= 11 is 0. The number of hydrogen-bond donors (Lipinski definition) is 0. The minimum Gasteiger partial charge on any atom is -0.427 e. The van der Waals surface area contributed by atoms with E-state index < -0.39 is 0 Å². The second-order valence-electron chi connectivity index (χ2n) is 6.52. The van der Waals surface area contributed by atoms with Gasteiger partial charge in [-0.2, -0.15) is 0 Å². The van der Waals surface area contributed by atoms with E-state index in [9.17, 15) is 9.59 Å². The van der Waals surface area contributed by atoms with Gasteiger partial charge in [-0.25, -0.2) is 0 Å².